The zero-order valence-corrected chi connectivity index (χ0v) is 19.9. The van der Waals surface area contributed by atoms with Gasteiger partial charge in [0.25, 0.3) is 0 Å². The van der Waals surface area contributed by atoms with Gasteiger partial charge in [-0.05, 0) is 42.2 Å². The standard InChI is InChI=1S/C27H29BrN2O2/c1-2-29-27(32)25(19-22-11-7-4-8-12-22)30(20-23-13-16-24(28)17-14-23)26(31)18-15-21-9-5-3-6-10-21/h3-14,16-17,25H,2,15,18-20H2,1H3,(H,29,32). The first-order valence-corrected chi connectivity index (χ1v) is 11.8. The first-order chi connectivity index (χ1) is 15.6. The molecule has 3 rings (SSSR count). The maximum atomic E-state index is 13.5. The van der Waals surface area contributed by atoms with E-state index in [-0.39, 0.29) is 11.8 Å². The van der Waals surface area contributed by atoms with E-state index in [1.165, 1.54) is 0 Å². The third-order valence-electron chi connectivity index (χ3n) is 5.36. The summed E-state index contributed by atoms with van der Waals surface area (Å²) in [5, 5.41) is 2.93. The lowest BCUT2D eigenvalue weighted by Gasteiger charge is -2.31. The van der Waals surface area contributed by atoms with Crippen LogP contribution >= 0.6 is 15.9 Å². The number of carbonyl (C=O) groups excluding carboxylic acids is 2. The summed E-state index contributed by atoms with van der Waals surface area (Å²) < 4.78 is 0.979. The summed E-state index contributed by atoms with van der Waals surface area (Å²) >= 11 is 3.46. The van der Waals surface area contributed by atoms with Gasteiger partial charge in [0, 0.05) is 30.4 Å². The average Bonchev–Trinajstić information content (AvgIpc) is 2.82. The van der Waals surface area contributed by atoms with Crippen molar-refractivity contribution in [1.29, 1.82) is 0 Å². The van der Waals surface area contributed by atoms with Crippen molar-refractivity contribution in [2.45, 2.75) is 38.8 Å². The van der Waals surface area contributed by atoms with Gasteiger partial charge in [0.1, 0.15) is 6.04 Å². The van der Waals surface area contributed by atoms with Crippen LogP contribution in [0.2, 0.25) is 0 Å². The van der Waals surface area contributed by atoms with Gasteiger partial charge in [0.15, 0.2) is 0 Å². The molecule has 3 aromatic carbocycles. The van der Waals surface area contributed by atoms with E-state index in [1.54, 1.807) is 4.90 Å². The number of likely N-dealkylation sites (N-methyl/N-ethyl adjacent to an activating group) is 1. The molecule has 0 heterocycles. The number of hydrogen-bond donors (Lipinski definition) is 1. The van der Waals surface area contributed by atoms with Crippen molar-refractivity contribution in [2.75, 3.05) is 6.54 Å². The molecule has 0 radical (unpaired) electrons. The molecular formula is C27H29BrN2O2. The Labute approximate surface area is 198 Å². The molecule has 4 nitrogen and oxygen atoms in total. The summed E-state index contributed by atoms with van der Waals surface area (Å²) in [5.41, 5.74) is 3.13. The molecule has 0 spiro atoms. The summed E-state index contributed by atoms with van der Waals surface area (Å²) in [6, 6.07) is 27.2. The van der Waals surface area contributed by atoms with Crippen molar-refractivity contribution in [2.24, 2.45) is 0 Å². The molecule has 0 aliphatic rings. The Hall–Kier alpha value is -2.92. The van der Waals surface area contributed by atoms with E-state index in [2.05, 4.69) is 21.2 Å². The second-order valence-electron chi connectivity index (χ2n) is 7.73. The lowest BCUT2D eigenvalue weighted by atomic mass is 10.0. The second kappa shape index (κ2) is 12.2. The van der Waals surface area contributed by atoms with E-state index in [4.69, 9.17) is 0 Å². The first kappa shape index (κ1) is 23.7. The Morgan fingerprint density at radius 1 is 0.844 bits per heavy atom. The van der Waals surface area contributed by atoms with Crippen molar-refractivity contribution in [3.05, 3.63) is 106 Å². The van der Waals surface area contributed by atoms with E-state index in [9.17, 15) is 9.59 Å². The quantitative estimate of drug-likeness (QED) is 0.424. The number of nitrogens with zero attached hydrogens (tertiary/aromatic N) is 1. The minimum Gasteiger partial charge on any atom is -0.355 e. The van der Waals surface area contributed by atoms with Crippen LogP contribution < -0.4 is 5.32 Å². The van der Waals surface area contributed by atoms with Crippen LogP contribution in [0.1, 0.15) is 30.0 Å². The van der Waals surface area contributed by atoms with Gasteiger partial charge in [-0.15, -0.1) is 0 Å². The SMILES string of the molecule is CCNC(=O)C(Cc1ccccc1)N(Cc1ccc(Br)cc1)C(=O)CCc1ccccc1. The fraction of sp³-hybridized carbons (Fsp3) is 0.259. The van der Waals surface area contributed by atoms with E-state index in [0.29, 0.717) is 32.4 Å². The predicted octanol–water partition coefficient (Wildman–Crippen LogP) is 5.16. The van der Waals surface area contributed by atoms with Crippen LogP contribution in [0, 0.1) is 0 Å². The van der Waals surface area contributed by atoms with Crippen molar-refractivity contribution in [1.82, 2.24) is 10.2 Å². The highest BCUT2D eigenvalue weighted by molar-refractivity contribution is 9.10. The van der Waals surface area contributed by atoms with Crippen LogP contribution in [-0.4, -0.2) is 29.3 Å². The van der Waals surface area contributed by atoms with Gasteiger partial charge in [0.2, 0.25) is 11.8 Å². The second-order valence-corrected chi connectivity index (χ2v) is 8.65. The van der Waals surface area contributed by atoms with Crippen molar-refractivity contribution in [3.63, 3.8) is 0 Å². The molecule has 0 aliphatic carbocycles. The highest BCUT2D eigenvalue weighted by Gasteiger charge is 2.29. The zero-order valence-electron chi connectivity index (χ0n) is 18.3. The minimum atomic E-state index is -0.579. The number of rotatable bonds is 10. The molecule has 0 fully saturated rings. The maximum absolute atomic E-state index is 13.5. The fourth-order valence-corrected chi connectivity index (χ4v) is 3.94. The molecule has 1 unspecified atom stereocenters. The van der Waals surface area contributed by atoms with Crippen molar-refractivity contribution >= 4 is 27.7 Å². The average molecular weight is 493 g/mol. The summed E-state index contributed by atoms with van der Waals surface area (Å²) in [6.07, 6.45) is 1.47. The monoisotopic (exact) mass is 492 g/mol. The largest absolute Gasteiger partial charge is 0.355 e. The van der Waals surface area contributed by atoms with Crippen LogP contribution in [0.15, 0.2) is 89.4 Å². The molecule has 32 heavy (non-hydrogen) atoms. The van der Waals surface area contributed by atoms with Gasteiger partial charge in [-0.2, -0.15) is 0 Å². The molecular weight excluding hydrogens is 464 g/mol. The van der Waals surface area contributed by atoms with E-state index in [1.807, 2.05) is 91.9 Å². The summed E-state index contributed by atoms with van der Waals surface area (Å²) in [5.74, 6) is -0.148. The highest BCUT2D eigenvalue weighted by atomic mass is 79.9. The Morgan fingerprint density at radius 3 is 2.03 bits per heavy atom. The third-order valence-corrected chi connectivity index (χ3v) is 5.89. The molecule has 0 aliphatic heterocycles. The van der Waals surface area contributed by atoms with Gasteiger partial charge in [-0.3, -0.25) is 9.59 Å². The highest BCUT2D eigenvalue weighted by Crippen LogP contribution is 2.18. The molecule has 1 atom stereocenters. The van der Waals surface area contributed by atoms with Gasteiger partial charge < -0.3 is 10.2 Å². The number of aryl methyl sites for hydroxylation is 1. The summed E-state index contributed by atoms with van der Waals surface area (Å²) in [6.45, 7) is 2.80. The van der Waals surface area contributed by atoms with E-state index >= 15 is 0 Å². The third kappa shape index (κ3) is 7.06. The zero-order chi connectivity index (χ0) is 22.8. The normalized spacial score (nSPS) is 11.6. The molecule has 0 aromatic heterocycles. The smallest absolute Gasteiger partial charge is 0.243 e. The van der Waals surface area contributed by atoms with Gasteiger partial charge in [-0.1, -0.05) is 88.7 Å². The summed E-state index contributed by atoms with van der Waals surface area (Å²) in [4.78, 5) is 28.3. The van der Waals surface area contributed by atoms with Crippen molar-refractivity contribution in [3.8, 4) is 0 Å². The number of carbonyl (C=O) groups is 2. The Balaban J connectivity index is 1.87. The van der Waals surface area contributed by atoms with Gasteiger partial charge >= 0.3 is 0 Å². The van der Waals surface area contributed by atoms with Crippen LogP contribution in [-0.2, 0) is 29.0 Å². The molecule has 0 saturated carbocycles. The molecule has 3 aromatic rings. The van der Waals surface area contributed by atoms with Crippen LogP contribution in [0.25, 0.3) is 0 Å². The minimum absolute atomic E-state index is 0.0241. The number of benzene rings is 3. The Kier molecular flexibility index (Phi) is 9.05. The molecule has 5 heteroatoms. The van der Waals surface area contributed by atoms with Crippen molar-refractivity contribution < 1.29 is 9.59 Å². The number of amides is 2. The molecule has 166 valence electrons. The number of halogens is 1. The Morgan fingerprint density at radius 2 is 1.44 bits per heavy atom. The van der Waals surface area contributed by atoms with E-state index < -0.39 is 6.04 Å². The first-order valence-electron chi connectivity index (χ1n) is 11.0. The lowest BCUT2D eigenvalue weighted by molar-refractivity contribution is -0.141. The summed E-state index contributed by atoms with van der Waals surface area (Å²) in [7, 11) is 0. The number of hydrogen-bond acceptors (Lipinski definition) is 2. The van der Waals surface area contributed by atoms with E-state index in [0.717, 1.165) is 21.2 Å². The number of nitrogens with one attached hydrogen (secondary N) is 1. The molecule has 1 N–H and O–H groups in total. The van der Waals surface area contributed by atoms with Gasteiger partial charge in [-0.25, -0.2) is 0 Å². The molecule has 2 amide bonds. The Bertz CT molecular complexity index is 991. The molecule has 0 bridgehead atoms. The topological polar surface area (TPSA) is 49.4 Å². The van der Waals surface area contributed by atoms with Gasteiger partial charge in [0.05, 0.1) is 0 Å². The predicted molar refractivity (Wildman–Crippen MR) is 132 cm³/mol. The van der Waals surface area contributed by atoms with Crippen LogP contribution in [0.4, 0.5) is 0 Å². The molecule has 0 saturated heterocycles. The van der Waals surface area contributed by atoms with Crippen LogP contribution in [0.5, 0.6) is 0 Å². The lowest BCUT2D eigenvalue weighted by Crippen LogP contribution is -2.50. The maximum Gasteiger partial charge on any atom is 0.243 e. The fourth-order valence-electron chi connectivity index (χ4n) is 3.67. The van der Waals surface area contributed by atoms with Crippen LogP contribution in [0.3, 0.4) is 0 Å².